The topological polar surface area (TPSA) is 106 Å². The first kappa shape index (κ1) is 22.6. The highest BCUT2D eigenvalue weighted by Crippen LogP contribution is 2.31. The second-order valence-corrected chi connectivity index (χ2v) is 9.56. The molecule has 9 heteroatoms. The van der Waals surface area contributed by atoms with Gasteiger partial charge in [0.05, 0.1) is 17.8 Å². The van der Waals surface area contributed by atoms with E-state index in [1.807, 2.05) is 54.6 Å². The number of ether oxygens (including phenoxy) is 2. The summed E-state index contributed by atoms with van der Waals surface area (Å²) in [6.07, 6.45) is -1.12. The Hall–Kier alpha value is -4.14. The van der Waals surface area contributed by atoms with Gasteiger partial charge in [0.25, 0.3) is 0 Å². The van der Waals surface area contributed by atoms with Crippen molar-refractivity contribution < 1.29 is 24.2 Å². The Balaban J connectivity index is 1.53. The highest BCUT2D eigenvalue weighted by Gasteiger charge is 2.43. The van der Waals surface area contributed by atoms with Gasteiger partial charge in [0, 0.05) is 23.4 Å². The fraction of sp³-hybridized carbons (Fsp3) is 0.308. The fourth-order valence-corrected chi connectivity index (χ4v) is 4.26. The van der Waals surface area contributed by atoms with Crippen LogP contribution in [0, 0.1) is 0 Å². The lowest BCUT2D eigenvalue weighted by Crippen LogP contribution is -2.43. The first-order chi connectivity index (χ1) is 16.7. The molecule has 2 aromatic carbocycles. The standard InChI is InChI=1S/C26H26N4O5/c1-26(2,3)35-25(33)29-15-17(13-21(29)24(31)32)34-22-14-20(16-9-5-4-6-10-16)27-23-18-11-7-8-12-19(18)28-30(22)23/h4-12,14,17,21H,13,15H2,1-3H3,(H,31,32)/t17-,21+/m1/s1. The predicted molar refractivity (Wildman–Crippen MR) is 129 cm³/mol. The summed E-state index contributed by atoms with van der Waals surface area (Å²) >= 11 is 0. The maximum atomic E-state index is 12.7. The Labute approximate surface area is 201 Å². The molecular formula is C26H26N4O5. The lowest BCUT2D eigenvalue weighted by Gasteiger charge is -2.26. The van der Waals surface area contributed by atoms with Crippen molar-refractivity contribution in [1.29, 1.82) is 0 Å². The molecule has 1 aliphatic rings. The molecule has 1 N–H and O–H groups in total. The SMILES string of the molecule is CC(C)(C)OC(=O)N1C[C@H](Oc2cc(-c3ccccc3)nc3c4ccccc4nn23)C[C@H]1C(=O)O. The summed E-state index contributed by atoms with van der Waals surface area (Å²) in [4.78, 5) is 30.7. The zero-order valence-corrected chi connectivity index (χ0v) is 19.7. The molecule has 0 unspecified atom stereocenters. The second kappa shape index (κ2) is 8.57. The summed E-state index contributed by atoms with van der Waals surface area (Å²) < 4.78 is 13.4. The van der Waals surface area contributed by atoms with E-state index in [0.717, 1.165) is 16.5 Å². The van der Waals surface area contributed by atoms with Crippen LogP contribution in [0.1, 0.15) is 27.2 Å². The van der Waals surface area contributed by atoms with Gasteiger partial charge >= 0.3 is 12.1 Å². The zero-order valence-electron chi connectivity index (χ0n) is 19.7. The number of carboxylic acid groups (broad SMARTS) is 1. The molecule has 2 atom stereocenters. The average Bonchev–Trinajstić information content (AvgIpc) is 3.41. The van der Waals surface area contributed by atoms with Crippen LogP contribution in [0.25, 0.3) is 27.8 Å². The predicted octanol–water partition coefficient (Wildman–Crippen LogP) is 4.39. The summed E-state index contributed by atoms with van der Waals surface area (Å²) in [5.74, 6) is -0.679. The molecular weight excluding hydrogens is 448 g/mol. The highest BCUT2D eigenvalue weighted by atomic mass is 16.6. The molecule has 35 heavy (non-hydrogen) atoms. The molecule has 0 saturated carbocycles. The summed E-state index contributed by atoms with van der Waals surface area (Å²) in [7, 11) is 0. The molecule has 1 fully saturated rings. The normalized spacial score (nSPS) is 18.2. The molecule has 0 radical (unpaired) electrons. The number of aliphatic carboxylic acids is 1. The van der Waals surface area contributed by atoms with Crippen LogP contribution in [0.15, 0.2) is 60.7 Å². The van der Waals surface area contributed by atoms with Crippen LogP contribution in [-0.2, 0) is 9.53 Å². The molecule has 180 valence electrons. The van der Waals surface area contributed by atoms with Gasteiger partial charge in [-0.2, -0.15) is 9.61 Å². The number of fused-ring (bicyclic) bond motifs is 3. The van der Waals surface area contributed by atoms with Crippen LogP contribution in [0.5, 0.6) is 5.88 Å². The first-order valence-corrected chi connectivity index (χ1v) is 11.4. The third kappa shape index (κ3) is 4.49. The Kier molecular flexibility index (Phi) is 5.55. The van der Waals surface area contributed by atoms with E-state index in [1.165, 1.54) is 4.90 Å². The van der Waals surface area contributed by atoms with Gasteiger partial charge in [-0.15, -0.1) is 0 Å². The summed E-state index contributed by atoms with van der Waals surface area (Å²) in [5.41, 5.74) is 2.27. The van der Waals surface area contributed by atoms with E-state index >= 15 is 0 Å². The minimum absolute atomic E-state index is 0.0805. The smallest absolute Gasteiger partial charge is 0.411 e. The molecule has 3 heterocycles. The van der Waals surface area contributed by atoms with Gasteiger partial charge in [0.15, 0.2) is 5.65 Å². The van der Waals surface area contributed by atoms with E-state index in [1.54, 1.807) is 31.4 Å². The molecule has 1 aliphatic heterocycles. The molecule has 2 aromatic heterocycles. The maximum Gasteiger partial charge on any atom is 0.411 e. The first-order valence-electron chi connectivity index (χ1n) is 11.4. The summed E-state index contributed by atoms with van der Waals surface area (Å²) in [5, 5.41) is 15.3. The minimum atomic E-state index is -1.10. The average molecular weight is 475 g/mol. The molecule has 5 rings (SSSR count). The van der Waals surface area contributed by atoms with Gasteiger partial charge in [0.2, 0.25) is 5.88 Å². The van der Waals surface area contributed by atoms with E-state index in [0.29, 0.717) is 17.2 Å². The number of carboxylic acids is 1. The van der Waals surface area contributed by atoms with Crippen LogP contribution in [0.3, 0.4) is 0 Å². The summed E-state index contributed by atoms with van der Waals surface area (Å²) in [6, 6.07) is 18.1. The summed E-state index contributed by atoms with van der Waals surface area (Å²) in [6.45, 7) is 5.31. The molecule has 0 spiro atoms. The van der Waals surface area contributed by atoms with E-state index in [4.69, 9.17) is 14.5 Å². The van der Waals surface area contributed by atoms with Crippen molar-refractivity contribution in [3.05, 3.63) is 60.7 Å². The van der Waals surface area contributed by atoms with Crippen LogP contribution in [0.2, 0.25) is 0 Å². The second-order valence-electron chi connectivity index (χ2n) is 9.56. The van der Waals surface area contributed by atoms with Gasteiger partial charge in [-0.25, -0.2) is 14.6 Å². The lowest BCUT2D eigenvalue weighted by molar-refractivity contribution is -0.142. The Morgan fingerprint density at radius 2 is 1.77 bits per heavy atom. The van der Waals surface area contributed by atoms with Crippen molar-refractivity contribution in [2.24, 2.45) is 0 Å². The number of rotatable bonds is 4. The number of carbonyl (C=O) groups is 2. The van der Waals surface area contributed by atoms with Crippen molar-refractivity contribution in [2.75, 3.05) is 6.54 Å². The van der Waals surface area contributed by atoms with E-state index in [2.05, 4.69) is 5.10 Å². The van der Waals surface area contributed by atoms with Crippen LogP contribution >= 0.6 is 0 Å². The number of nitrogens with zero attached hydrogens (tertiary/aromatic N) is 4. The number of aromatic nitrogens is 3. The van der Waals surface area contributed by atoms with E-state index < -0.39 is 29.8 Å². The lowest BCUT2D eigenvalue weighted by atomic mass is 10.1. The Morgan fingerprint density at radius 3 is 2.49 bits per heavy atom. The van der Waals surface area contributed by atoms with Gasteiger partial charge in [-0.1, -0.05) is 42.5 Å². The van der Waals surface area contributed by atoms with Crippen molar-refractivity contribution in [3.63, 3.8) is 0 Å². The molecule has 0 bridgehead atoms. The third-order valence-corrected chi connectivity index (χ3v) is 5.78. The largest absolute Gasteiger partial charge is 0.480 e. The number of amides is 1. The fourth-order valence-electron chi connectivity index (χ4n) is 4.26. The maximum absolute atomic E-state index is 12.7. The Bertz CT molecular complexity index is 1410. The van der Waals surface area contributed by atoms with Crippen molar-refractivity contribution >= 4 is 28.6 Å². The highest BCUT2D eigenvalue weighted by molar-refractivity contribution is 5.93. The number of hydrogen-bond donors (Lipinski definition) is 1. The minimum Gasteiger partial charge on any atom is -0.480 e. The third-order valence-electron chi connectivity index (χ3n) is 5.78. The molecule has 1 amide bonds. The van der Waals surface area contributed by atoms with E-state index in [-0.39, 0.29) is 13.0 Å². The van der Waals surface area contributed by atoms with Gasteiger partial charge in [-0.05, 0) is 32.9 Å². The van der Waals surface area contributed by atoms with E-state index in [9.17, 15) is 14.7 Å². The number of hydrogen-bond acceptors (Lipinski definition) is 6. The zero-order chi connectivity index (χ0) is 24.7. The van der Waals surface area contributed by atoms with Gasteiger partial charge < -0.3 is 14.6 Å². The molecule has 4 aromatic rings. The molecule has 0 aliphatic carbocycles. The Morgan fingerprint density at radius 1 is 1.06 bits per heavy atom. The van der Waals surface area contributed by atoms with Gasteiger partial charge in [0.1, 0.15) is 17.7 Å². The number of likely N-dealkylation sites (tertiary alicyclic amines) is 1. The van der Waals surface area contributed by atoms with Crippen molar-refractivity contribution in [1.82, 2.24) is 19.5 Å². The van der Waals surface area contributed by atoms with Gasteiger partial charge in [-0.3, -0.25) is 4.90 Å². The van der Waals surface area contributed by atoms with Crippen LogP contribution in [-0.4, -0.2) is 61.0 Å². The quantitative estimate of drug-likeness (QED) is 0.467. The van der Waals surface area contributed by atoms with Crippen LogP contribution in [0.4, 0.5) is 4.79 Å². The number of benzene rings is 2. The van der Waals surface area contributed by atoms with Crippen LogP contribution < -0.4 is 4.74 Å². The molecule has 1 saturated heterocycles. The van der Waals surface area contributed by atoms with Crippen molar-refractivity contribution in [2.45, 2.75) is 44.9 Å². The number of carbonyl (C=O) groups excluding carboxylic acids is 1. The molecule has 9 nitrogen and oxygen atoms in total. The monoisotopic (exact) mass is 474 g/mol. The van der Waals surface area contributed by atoms with Crippen molar-refractivity contribution in [3.8, 4) is 17.1 Å².